The Labute approximate surface area is 205 Å². The van der Waals surface area contributed by atoms with Crippen molar-refractivity contribution in [2.45, 2.75) is 19.9 Å². The summed E-state index contributed by atoms with van der Waals surface area (Å²) in [7, 11) is 1.53. The second-order valence-electron chi connectivity index (χ2n) is 8.41. The number of fused-ring (bicyclic) bond motifs is 1. The molecule has 0 radical (unpaired) electrons. The number of aromatic nitrogens is 1. The third-order valence-electron chi connectivity index (χ3n) is 6.04. The summed E-state index contributed by atoms with van der Waals surface area (Å²) in [6.45, 7) is 3.94. The van der Waals surface area contributed by atoms with Gasteiger partial charge in [-0.2, -0.15) is 0 Å². The van der Waals surface area contributed by atoms with Crippen molar-refractivity contribution in [3.63, 3.8) is 0 Å². The normalized spacial score (nSPS) is 17.3. The Bertz CT molecular complexity index is 1500. The molecular weight excluding hydrogens is 464 g/mol. The van der Waals surface area contributed by atoms with Gasteiger partial charge in [0, 0.05) is 5.56 Å². The standard InChI is InChI=1S/C27H22N2O5S/c1-14-12-15(2)22-20(13-14)35-27(28-22)29-23(16-4-8-18(30)9-5-16)21(25(32)26(29)33)24(31)17-6-10-19(34-3)11-7-17/h4-13,23,30-31H,1-3H3. The van der Waals surface area contributed by atoms with Crippen molar-refractivity contribution in [2.24, 2.45) is 0 Å². The molecule has 0 saturated carbocycles. The predicted octanol–water partition coefficient (Wildman–Crippen LogP) is 5.25. The molecular formula is C27H22N2O5S. The summed E-state index contributed by atoms with van der Waals surface area (Å²) in [5, 5.41) is 21.4. The number of carbonyl (C=O) groups excluding carboxylic acids is 2. The van der Waals surface area contributed by atoms with E-state index in [4.69, 9.17) is 9.72 Å². The zero-order chi connectivity index (χ0) is 24.9. The summed E-state index contributed by atoms with van der Waals surface area (Å²) in [4.78, 5) is 32.7. The molecule has 3 aromatic carbocycles. The Hall–Kier alpha value is -4.17. The van der Waals surface area contributed by atoms with E-state index >= 15 is 0 Å². The molecule has 0 bridgehead atoms. The molecule has 0 aliphatic carbocycles. The second kappa shape index (κ2) is 8.56. The summed E-state index contributed by atoms with van der Waals surface area (Å²) >= 11 is 1.32. The average molecular weight is 487 g/mol. The maximum Gasteiger partial charge on any atom is 0.301 e. The van der Waals surface area contributed by atoms with E-state index in [1.807, 2.05) is 26.0 Å². The summed E-state index contributed by atoms with van der Waals surface area (Å²) in [6, 6.07) is 15.9. The van der Waals surface area contributed by atoms with Crippen LogP contribution in [0.3, 0.4) is 0 Å². The van der Waals surface area contributed by atoms with Gasteiger partial charge in [0.25, 0.3) is 5.78 Å². The molecule has 7 nitrogen and oxygen atoms in total. The lowest BCUT2D eigenvalue weighted by Crippen LogP contribution is -2.29. The topological polar surface area (TPSA) is 100.0 Å². The largest absolute Gasteiger partial charge is 0.508 e. The first-order chi connectivity index (χ1) is 16.8. The van der Waals surface area contributed by atoms with Crippen LogP contribution in [0.25, 0.3) is 16.0 Å². The van der Waals surface area contributed by atoms with Crippen LogP contribution in [0.5, 0.6) is 11.5 Å². The van der Waals surface area contributed by atoms with Crippen molar-refractivity contribution in [1.82, 2.24) is 4.98 Å². The molecule has 1 aliphatic rings. The van der Waals surface area contributed by atoms with E-state index in [2.05, 4.69) is 0 Å². The molecule has 1 saturated heterocycles. The van der Waals surface area contributed by atoms with E-state index < -0.39 is 17.7 Å². The predicted molar refractivity (Wildman–Crippen MR) is 135 cm³/mol. The van der Waals surface area contributed by atoms with E-state index in [-0.39, 0.29) is 17.1 Å². The SMILES string of the molecule is COc1ccc(C(O)=C2C(=O)C(=O)N(c3nc4c(C)cc(C)cc4s3)C2c2ccc(O)cc2)cc1. The molecule has 1 amide bonds. The average Bonchev–Trinajstić information content (AvgIpc) is 3.38. The molecule has 35 heavy (non-hydrogen) atoms. The molecule has 1 unspecified atom stereocenters. The highest BCUT2D eigenvalue weighted by Gasteiger charge is 2.48. The van der Waals surface area contributed by atoms with Crippen LogP contribution in [0.15, 0.2) is 66.2 Å². The fraction of sp³-hybridized carbons (Fsp3) is 0.148. The molecule has 1 fully saturated rings. The lowest BCUT2D eigenvalue weighted by atomic mass is 9.95. The van der Waals surface area contributed by atoms with E-state index in [1.165, 1.54) is 35.5 Å². The number of carbonyl (C=O) groups is 2. The number of ether oxygens (including phenoxy) is 1. The smallest absolute Gasteiger partial charge is 0.301 e. The number of rotatable bonds is 4. The first-order valence-corrected chi connectivity index (χ1v) is 11.7. The van der Waals surface area contributed by atoms with E-state index in [0.29, 0.717) is 22.0 Å². The quantitative estimate of drug-likeness (QED) is 0.232. The van der Waals surface area contributed by atoms with Crippen molar-refractivity contribution in [3.05, 3.63) is 88.5 Å². The number of phenolic OH excluding ortho intramolecular Hbond substituents is 1. The Balaban J connectivity index is 1.72. The number of aliphatic hydroxyl groups is 1. The molecule has 8 heteroatoms. The van der Waals surface area contributed by atoms with Crippen LogP contribution in [-0.4, -0.2) is 34.0 Å². The van der Waals surface area contributed by atoms with Crippen molar-refractivity contribution in [2.75, 3.05) is 12.0 Å². The maximum absolute atomic E-state index is 13.4. The molecule has 1 aromatic heterocycles. The van der Waals surface area contributed by atoms with Gasteiger partial charge in [-0.25, -0.2) is 4.98 Å². The zero-order valence-corrected chi connectivity index (χ0v) is 20.1. The van der Waals surface area contributed by atoms with Crippen LogP contribution in [0.2, 0.25) is 0 Å². The van der Waals surface area contributed by atoms with Gasteiger partial charge in [-0.3, -0.25) is 14.5 Å². The van der Waals surface area contributed by atoms with Crippen molar-refractivity contribution in [3.8, 4) is 11.5 Å². The highest BCUT2D eigenvalue weighted by atomic mass is 32.1. The maximum atomic E-state index is 13.4. The molecule has 1 atom stereocenters. The highest BCUT2D eigenvalue weighted by Crippen LogP contribution is 2.45. The number of methoxy groups -OCH3 is 1. The Kier molecular flexibility index (Phi) is 5.53. The second-order valence-corrected chi connectivity index (χ2v) is 9.42. The van der Waals surface area contributed by atoms with Gasteiger partial charge in [-0.15, -0.1) is 0 Å². The third kappa shape index (κ3) is 3.81. The van der Waals surface area contributed by atoms with Gasteiger partial charge in [0.1, 0.15) is 17.3 Å². The summed E-state index contributed by atoms with van der Waals surface area (Å²) in [5.41, 5.74) is 3.70. The number of aromatic hydroxyl groups is 1. The van der Waals surface area contributed by atoms with Gasteiger partial charge >= 0.3 is 5.91 Å². The lowest BCUT2D eigenvalue weighted by Gasteiger charge is -2.23. The number of thiazole rings is 1. The van der Waals surface area contributed by atoms with Crippen molar-refractivity contribution in [1.29, 1.82) is 0 Å². The molecule has 2 N–H and O–H groups in total. The molecule has 5 rings (SSSR count). The Morgan fingerprint density at radius 2 is 1.71 bits per heavy atom. The summed E-state index contributed by atoms with van der Waals surface area (Å²) < 4.78 is 6.08. The lowest BCUT2D eigenvalue weighted by molar-refractivity contribution is -0.132. The van der Waals surface area contributed by atoms with Gasteiger partial charge in [-0.1, -0.05) is 29.5 Å². The number of Topliss-reactive ketones (excluding diaryl/α,β-unsaturated/α-hetero) is 1. The minimum atomic E-state index is -0.917. The van der Waals surface area contributed by atoms with Gasteiger partial charge in [-0.05, 0) is 73.0 Å². The number of benzene rings is 3. The third-order valence-corrected chi connectivity index (χ3v) is 7.04. The van der Waals surface area contributed by atoms with Gasteiger partial charge in [0.05, 0.1) is 28.9 Å². The first kappa shape index (κ1) is 22.6. The first-order valence-electron chi connectivity index (χ1n) is 10.9. The number of aliphatic hydroxyl groups excluding tert-OH is 1. The Morgan fingerprint density at radius 1 is 1.03 bits per heavy atom. The molecule has 176 valence electrons. The zero-order valence-electron chi connectivity index (χ0n) is 19.3. The number of aryl methyl sites for hydroxylation is 2. The molecule has 2 heterocycles. The minimum absolute atomic E-state index is 0.0435. The monoisotopic (exact) mass is 486 g/mol. The molecule has 0 spiro atoms. The number of amides is 1. The number of phenols is 1. The van der Waals surface area contributed by atoms with Crippen LogP contribution >= 0.6 is 11.3 Å². The van der Waals surface area contributed by atoms with Crippen LogP contribution in [0, 0.1) is 13.8 Å². The van der Waals surface area contributed by atoms with Crippen LogP contribution in [0.4, 0.5) is 5.13 Å². The number of nitrogens with zero attached hydrogens (tertiary/aromatic N) is 2. The van der Waals surface area contributed by atoms with Crippen molar-refractivity contribution >= 4 is 44.1 Å². The van der Waals surface area contributed by atoms with E-state index in [0.717, 1.165) is 21.3 Å². The van der Waals surface area contributed by atoms with Gasteiger partial charge in [0.15, 0.2) is 5.13 Å². The number of ketones is 1. The van der Waals surface area contributed by atoms with Crippen LogP contribution < -0.4 is 9.64 Å². The van der Waals surface area contributed by atoms with E-state index in [1.54, 1.807) is 36.4 Å². The molecule has 1 aliphatic heterocycles. The fourth-order valence-electron chi connectivity index (χ4n) is 4.37. The summed E-state index contributed by atoms with van der Waals surface area (Å²) in [6.07, 6.45) is 0. The van der Waals surface area contributed by atoms with Gasteiger partial charge in [0.2, 0.25) is 0 Å². The fourth-order valence-corrected chi connectivity index (χ4v) is 5.54. The summed E-state index contributed by atoms with van der Waals surface area (Å²) in [5.74, 6) is -1.22. The van der Waals surface area contributed by atoms with Crippen LogP contribution in [-0.2, 0) is 9.59 Å². The Morgan fingerprint density at radius 3 is 2.37 bits per heavy atom. The van der Waals surface area contributed by atoms with Crippen LogP contribution in [0.1, 0.15) is 28.3 Å². The highest BCUT2D eigenvalue weighted by molar-refractivity contribution is 7.22. The van der Waals surface area contributed by atoms with Crippen molar-refractivity contribution < 1.29 is 24.5 Å². The number of hydrogen-bond acceptors (Lipinski definition) is 7. The number of anilines is 1. The van der Waals surface area contributed by atoms with Gasteiger partial charge < -0.3 is 14.9 Å². The number of hydrogen-bond donors (Lipinski definition) is 2. The molecule has 4 aromatic rings. The van der Waals surface area contributed by atoms with E-state index in [9.17, 15) is 19.8 Å². The minimum Gasteiger partial charge on any atom is -0.508 e.